The van der Waals surface area contributed by atoms with Gasteiger partial charge in [-0.05, 0) is 44.4 Å². The van der Waals surface area contributed by atoms with Gasteiger partial charge in [0.1, 0.15) is 5.82 Å². The van der Waals surface area contributed by atoms with Gasteiger partial charge < -0.3 is 10.2 Å². The molecule has 1 heterocycles. The minimum atomic E-state index is -0.371. The van der Waals surface area contributed by atoms with Gasteiger partial charge in [-0.2, -0.15) is 0 Å². The number of ketones is 1. The number of piperidine rings is 1. The number of benzene rings is 1. The van der Waals surface area contributed by atoms with Crippen LogP contribution in [0.1, 0.15) is 35.7 Å². The lowest BCUT2D eigenvalue weighted by molar-refractivity contribution is -0.124. The number of nitrogens with one attached hydrogen (secondary N) is 1. The van der Waals surface area contributed by atoms with Crippen molar-refractivity contribution in [3.63, 3.8) is 0 Å². The fourth-order valence-electron chi connectivity index (χ4n) is 2.82. The molecule has 0 aliphatic carbocycles. The van der Waals surface area contributed by atoms with Crippen LogP contribution in [-0.2, 0) is 4.79 Å². The summed E-state index contributed by atoms with van der Waals surface area (Å²) in [5.41, 5.74) is 1.63. The fourth-order valence-corrected chi connectivity index (χ4v) is 2.82. The molecule has 0 aromatic heterocycles. The lowest BCUT2D eigenvalue weighted by atomic mass is 9.95. The molecular weight excluding hydrogens is 271 g/mol. The normalized spacial score (nSPS) is 18.5. The van der Waals surface area contributed by atoms with Crippen LogP contribution in [0.25, 0.3) is 0 Å². The monoisotopic (exact) mass is 292 g/mol. The lowest BCUT2D eigenvalue weighted by Crippen LogP contribution is -2.42. The maximum atomic E-state index is 13.7. The predicted octanol–water partition coefficient (Wildman–Crippen LogP) is 2.30. The second-order valence-corrected chi connectivity index (χ2v) is 5.57. The summed E-state index contributed by atoms with van der Waals surface area (Å²) in [5.74, 6) is -0.605. The van der Waals surface area contributed by atoms with Crippen LogP contribution in [0.3, 0.4) is 0 Å². The fraction of sp³-hybridized carbons (Fsp3) is 0.500. The molecule has 2 rings (SSSR count). The first kappa shape index (κ1) is 15.5. The highest BCUT2D eigenvalue weighted by atomic mass is 19.1. The van der Waals surface area contributed by atoms with Crippen LogP contribution in [0.4, 0.5) is 10.1 Å². The van der Waals surface area contributed by atoms with Crippen molar-refractivity contribution < 1.29 is 14.0 Å². The second-order valence-electron chi connectivity index (χ2n) is 5.57. The number of carbonyl (C=O) groups excluding carboxylic acids is 2. The minimum absolute atomic E-state index is 0.0166. The van der Waals surface area contributed by atoms with Crippen LogP contribution in [0.2, 0.25) is 0 Å². The molecule has 1 unspecified atom stereocenters. The van der Waals surface area contributed by atoms with Gasteiger partial charge in [-0.15, -0.1) is 0 Å². The van der Waals surface area contributed by atoms with Crippen LogP contribution in [0.5, 0.6) is 0 Å². The van der Waals surface area contributed by atoms with Crippen molar-refractivity contribution in [1.29, 1.82) is 0 Å². The van der Waals surface area contributed by atoms with Crippen LogP contribution < -0.4 is 10.2 Å². The van der Waals surface area contributed by atoms with Gasteiger partial charge in [0.2, 0.25) is 5.91 Å². The van der Waals surface area contributed by atoms with E-state index in [1.807, 2.05) is 4.90 Å². The predicted molar refractivity (Wildman–Crippen MR) is 80.1 cm³/mol. The average Bonchev–Trinajstić information content (AvgIpc) is 2.48. The van der Waals surface area contributed by atoms with Gasteiger partial charge in [-0.1, -0.05) is 0 Å². The summed E-state index contributed by atoms with van der Waals surface area (Å²) in [6.45, 7) is 4.46. The van der Waals surface area contributed by atoms with E-state index in [-0.39, 0.29) is 23.4 Å². The zero-order valence-electron chi connectivity index (χ0n) is 12.7. The van der Waals surface area contributed by atoms with Gasteiger partial charge in [-0.3, -0.25) is 9.59 Å². The first-order chi connectivity index (χ1) is 9.93. The zero-order valence-corrected chi connectivity index (χ0v) is 12.7. The maximum Gasteiger partial charge on any atom is 0.224 e. The number of rotatable bonds is 3. The molecule has 0 radical (unpaired) electrons. The number of amides is 1. The Labute approximate surface area is 124 Å². The third-order valence-corrected chi connectivity index (χ3v) is 4.04. The largest absolute Gasteiger partial charge is 0.370 e. The topological polar surface area (TPSA) is 49.4 Å². The summed E-state index contributed by atoms with van der Waals surface area (Å²) in [7, 11) is 1.63. The molecule has 1 aromatic carbocycles. The number of hydrogen-bond acceptors (Lipinski definition) is 3. The Morgan fingerprint density at radius 2 is 2.10 bits per heavy atom. The molecule has 21 heavy (non-hydrogen) atoms. The molecule has 1 aromatic rings. The first-order valence-electron chi connectivity index (χ1n) is 7.21. The summed E-state index contributed by atoms with van der Waals surface area (Å²) in [4.78, 5) is 25.6. The van der Waals surface area contributed by atoms with Crippen molar-refractivity contribution in [3.05, 3.63) is 29.1 Å². The van der Waals surface area contributed by atoms with Crippen molar-refractivity contribution in [2.24, 2.45) is 5.92 Å². The lowest BCUT2D eigenvalue weighted by Gasteiger charge is -2.34. The highest BCUT2D eigenvalue weighted by molar-refractivity contribution is 6.00. The Kier molecular flexibility index (Phi) is 4.60. The SMILES string of the molecule is CNC(=O)C1CCCN(c2cc(C)c(F)cc2C(C)=O)C1. The summed E-state index contributed by atoms with van der Waals surface area (Å²) in [6.07, 6.45) is 1.72. The third-order valence-electron chi connectivity index (χ3n) is 4.04. The Morgan fingerprint density at radius 1 is 1.38 bits per heavy atom. The van der Waals surface area contributed by atoms with Crippen molar-refractivity contribution in [2.75, 3.05) is 25.0 Å². The van der Waals surface area contributed by atoms with Crippen molar-refractivity contribution >= 4 is 17.4 Å². The molecule has 0 saturated carbocycles. The van der Waals surface area contributed by atoms with Gasteiger partial charge >= 0.3 is 0 Å². The molecule has 1 atom stereocenters. The molecule has 114 valence electrons. The smallest absolute Gasteiger partial charge is 0.224 e. The maximum absolute atomic E-state index is 13.7. The quantitative estimate of drug-likeness (QED) is 0.870. The minimum Gasteiger partial charge on any atom is -0.370 e. The van der Waals surface area contributed by atoms with Gasteiger partial charge in [0.15, 0.2) is 5.78 Å². The molecule has 1 aliphatic heterocycles. The van der Waals surface area contributed by atoms with Crippen molar-refractivity contribution in [3.8, 4) is 0 Å². The summed E-state index contributed by atoms with van der Waals surface area (Å²) in [6, 6.07) is 3.01. The number of hydrogen-bond donors (Lipinski definition) is 1. The summed E-state index contributed by atoms with van der Waals surface area (Å²) in [5, 5.41) is 2.67. The van der Waals surface area contributed by atoms with E-state index in [1.165, 1.54) is 13.0 Å². The molecule has 5 heteroatoms. The van der Waals surface area contributed by atoms with Crippen LogP contribution >= 0.6 is 0 Å². The summed E-state index contributed by atoms with van der Waals surface area (Å²) < 4.78 is 13.7. The van der Waals surface area contributed by atoms with Crippen LogP contribution in [0.15, 0.2) is 12.1 Å². The number of anilines is 1. The summed E-state index contributed by atoms with van der Waals surface area (Å²) >= 11 is 0. The van der Waals surface area contributed by atoms with E-state index in [2.05, 4.69) is 5.32 Å². The molecule has 1 saturated heterocycles. The Balaban J connectivity index is 2.34. The average molecular weight is 292 g/mol. The molecule has 0 bridgehead atoms. The Bertz CT molecular complexity index is 572. The Hall–Kier alpha value is -1.91. The molecule has 1 aliphatic rings. The van der Waals surface area contributed by atoms with E-state index < -0.39 is 0 Å². The van der Waals surface area contributed by atoms with E-state index in [4.69, 9.17) is 0 Å². The first-order valence-corrected chi connectivity index (χ1v) is 7.21. The standard InChI is InChI=1S/C16H21FN2O2/c1-10-7-15(13(11(2)20)8-14(10)17)19-6-4-5-12(9-19)16(21)18-3/h7-8,12H,4-6,9H2,1-3H3,(H,18,21). The van der Waals surface area contributed by atoms with Crippen LogP contribution in [0, 0.1) is 18.7 Å². The zero-order chi connectivity index (χ0) is 15.6. The van der Waals surface area contributed by atoms with Gasteiger partial charge in [0.05, 0.1) is 5.92 Å². The second kappa shape index (κ2) is 6.24. The number of Topliss-reactive ketones (excluding diaryl/α,β-unsaturated/α-hetero) is 1. The highest BCUT2D eigenvalue weighted by Gasteiger charge is 2.27. The van der Waals surface area contributed by atoms with Crippen molar-refractivity contribution in [1.82, 2.24) is 5.32 Å². The Morgan fingerprint density at radius 3 is 2.71 bits per heavy atom. The highest BCUT2D eigenvalue weighted by Crippen LogP contribution is 2.29. The molecular formula is C16H21FN2O2. The molecule has 1 fully saturated rings. The molecule has 1 N–H and O–H groups in total. The van der Waals surface area contributed by atoms with Gasteiger partial charge in [0, 0.05) is 31.4 Å². The van der Waals surface area contributed by atoms with E-state index in [9.17, 15) is 14.0 Å². The number of aryl methyl sites for hydroxylation is 1. The molecule has 0 spiro atoms. The van der Waals surface area contributed by atoms with E-state index in [1.54, 1.807) is 20.0 Å². The van der Waals surface area contributed by atoms with Gasteiger partial charge in [0.25, 0.3) is 0 Å². The van der Waals surface area contributed by atoms with Gasteiger partial charge in [-0.25, -0.2) is 4.39 Å². The third kappa shape index (κ3) is 3.23. The number of halogens is 1. The van der Waals surface area contributed by atoms with Crippen LogP contribution in [-0.4, -0.2) is 31.8 Å². The van der Waals surface area contributed by atoms with E-state index >= 15 is 0 Å². The number of carbonyl (C=O) groups is 2. The molecule has 4 nitrogen and oxygen atoms in total. The number of nitrogens with zero attached hydrogens (tertiary/aromatic N) is 1. The molecule has 1 amide bonds. The van der Waals surface area contributed by atoms with Crippen molar-refractivity contribution in [2.45, 2.75) is 26.7 Å². The van der Waals surface area contributed by atoms with E-state index in [0.717, 1.165) is 25.1 Å². The van der Waals surface area contributed by atoms with E-state index in [0.29, 0.717) is 17.7 Å².